The van der Waals surface area contributed by atoms with Crippen LogP contribution < -0.4 is 10.1 Å². The summed E-state index contributed by atoms with van der Waals surface area (Å²) in [6, 6.07) is 13.0. The molecule has 0 aromatic heterocycles. The van der Waals surface area contributed by atoms with E-state index >= 15 is 0 Å². The summed E-state index contributed by atoms with van der Waals surface area (Å²) in [5.41, 5.74) is 1.99. The highest BCUT2D eigenvalue weighted by Gasteiger charge is 2.51. The Bertz CT molecular complexity index is 732. The van der Waals surface area contributed by atoms with E-state index in [4.69, 9.17) is 0 Å². The van der Waals surface area contributed by atoms with E-state index in [2.05, 4.69) is 10.1 Å². The van der Waals surface area contributed by atoms with Gasteiger partial charge in [0.15, 0.2) is 0 Å². The smallest absolute Gasteiger partial charge is 0.406 e. The first-order valence-corrected chi connectivity index (χ1v) is 7.53. The van der Waals surface area contributed by atoms with Crippen molar-refractivity contribution in [2.75, 3.05) is 5.32 Å². The van der Waals surface area contributed by atoms with E-state index in [-0.39, 0.29) is 11.7 Å². The summed E-state index contributed by atoms with van der Waals surface area (Å²) >= 11 is 0. The third-order valence-corrected chi connectivity index (χ3v) is 4.13. The van der Waals surface area contributed by atoms with Crippen LogP contribution in [0.2, 0.25) is 0 Å². The van der Waals surface area contributed by atoms with Gasteiger partial charge in [-0.2, -0.15) is 0 Å². The minimum absolute atomic E-state index is 0.143. The summed E-state index contributed by atoms with van der Waals surface area (Å²) in [6.07, 6.45) is -3.21. The number of aryl methyl sites for hydroxylation is 1. The van der Waals surface area contributed by atoms with E-state index in [1.54, 1.807) is 0 Å². The number of carbonyl (C=O) groups excluding carboxylic acids is 1. The molecule has 0 aliphatic heterocycles. The number of anilines is 1. The van der Waals surface area contributed by atoms with E-state index in [0.717, 1.165) is 24.0 Å². The summed E-state index contributed by atoms with van der Waals surface area (Å²) in [5, 5.41) is 2.77. The molecule has 3 nitrogen and oxygen atoms in total. The Balaban J connectivity index is 1.70. The second kappa shape index (κ2) is 5.85. The van der Waals surface area contributed by atoms with Crippen molar-refractivity contribution in [2.24, 2.45) is 0 Å². The summed E-state index contributed by atoms with van der Waals surface area (Å²) in [7, 11) is 0. The number of benzene rings is 2. The van der Waals surface area contributed by atoms with Gasteiger partial charge >= 0.3 is 6.36 Å². The van der Waals surface area contributed by atoms with Crippen molar-refractivity contribution < 1.29 is 22.7 Å². The normalized spacial score (nSPS) is 15.7. The van der Waals surface area contributed by atoms with Gasteiger partial charge in [0.1, 0.15) is 5.75 Å². The van der Waals surface area contributed by atoms with Crippen molar-refractivity contribution >= 4 is 11.6 Å². The number of amides is 1. The minimum atomic E-state index is -4.73. The van der Waals surface area contributed by atoms with E-state index < -0.39 is 11.8 Å². The highest BCUT2D eigenvalue weighted by atomic mass is 19.4. The molecule has 0 radical (unpaired) electrons. The molecule has 1 N–H and O–H groups in total. The number of ether oxygens (including phenoxy) is 1. The van der Waals surface area contributed by atoms with E-state index in [1.807, 2.05) is 31.2 Å². The number of hydrogen-bond acceptors (Lipinski definition) is 2. The topological polar surface area (TPSA) is 38.3 Å². The zero-order valence-corrected chi connectivity index (χ0v) is 13.0. The fraction of sp³-hybridized carbons (Fsp3) is 0.278. The molecular weight excluding hydrogens is 319 g/mol. The van der Waals surface area contributed by atoms with Crippen LogP contribution in [0.5, 0.6) is 5.75 Å². The Morgan fingerprint density at radius 3 is 2.12 bits per heavy atom. The third-order valence-electron chi connectivity index (χ3n) is 4.13. The van der Waals surface area contributed by atoms with E-state index in [9.17, 15) is 18.0 Å². The second-order valence-electron chi connectivity index (χ2n) is 5.97. The zero-order valence-electron chi connectivity index (χ0n) is 13.0. The molecule has 126 valence electrons. The molecule has 1 aliphatic rings. The van der Waals surface area contributed by atoms with Gasteiger partial charge in [0.2, 0.25) is 5.91 Å². The van der Waals surface area contributed by atoms with Crippen LogP contribution in [0.4, 0.5) is 18.9 Å². The maximum atomic E-state index is 12.6. The molecule has 6 heteroatoms. The summed E-state index contributed by atoms with van der Waals surface area (Å²) in [6.45, 7) is 1.98. The molecule has 1 fully saturated rings. The van der Waals surface area contributed by atoms with Crippen molar-refractivity contribution in [1.29, 1.82) is 0 Å². The average molecular weight is 335 g/mol. The van der Waals surface area contributed by atoms with Gasteiger partial charge in [0.05, 0.1) is 5.41 Å². The lowest BCUT2D eigenvalue weighted by atomic mass is 9.94. The highest BCUT2D eigenvalue weighted by molar-refractivity contribution is 6.01. The molecule has 0 atom stereocenters. The van der Waals surface area contributed by atoms with Crippen LogP contribution in [0.1, 0.15) is 24.0 Å². The van der Waals surface area contributed by atoms with Crippen molar-refractivity contribution in [3.8, 4) is 5.75 Å². The van der Waals surface area contributed by atoms with Gasteiger partial charge < -0.3 is 10.1 Å². The number of carbonyl (C=O) groups is 1. The molecule has 0 heterocycles. The molecule has 24 heavy (non-hydrogen) atoms. The molecule has 3 rings (SSSR count). The summed E-state index contributed by atoms with van der Waals surface area (Å²) in [4.78, 5) is 12.6. The van der Waals surface area contributed by atoms with Gasteiger partial charge in [0, 0.05) is 5.69 Å². The lowest BCUT2D eigenvalue weighted by Crippen LogP contribution is -2.27. The Morgan fingerprint density at radius 1 is 1.04 bits per heavy atom. The Hall–Kier alpha value is -2.50. The fourth-order valence-electron chi connectivity index (χ4n) is 2.64. The van der Waals surface area contributed by atoms with Crippen LogP contribution in [0.3, 0.4) is 0 Å². The Morgan fingerprint density at radius 2 is 1.62 bits per heavy atom. The van der Waals surface area contributed by atoms with Gasteiger partial charge in [0.25, 0.3) is 0 Å². The largest absolute Gasteiger partial charge is 0.573 e. The molecule has 1 saturated carbocycles. The van der Waals surface area contributed by atoms with Crippen LogP contribution in [-0.4, -0.2) is 12.3 Å². The number of rotatable bonds is 4. The van der Waals surface area contributed by atoms with Gasteiger partial charge in [-0.1, -0.05) is 29.8 Å². The first kappa shape index (κ1) is 16.4. The van der Waals surface area contributed by atoms with E-state index in [1.165, 1.54) is 24.3 Å². The van der Waals surface area contributed by atoms with Crippen LogP contribution in [0, 0.1) is 6.92 Å². The van der Waals surface area contributed by atoms with Crippen LogP contribution >= 0.6 is 0 Å². The monoisotopic (exact) mass is 335 g/mol. The maximum Gasteiger partial charge on any atom is 0.573 e. The standard InChI is InChI=1S/C18H16F3NO2/c1-12-2-4-13(5-3-12)17(10-11-17)16(23)22-14-6-8-15(9-7-14)24-18(19,20)21/h2-9H,10-11H2,1H3,(H,22,23). The Labute approximate surface area is 137 Å². The quantitative estimate of drug-likeness (QED) is 0.889. The number of alkyl halides is 3. The molecule has 2 aromatic rings. The van der Waals surface area contributed by atoms with Gasteiger partial charge in [-0.25, -0.2) is 0 Å². The number of hydrogen-bond donors (Lipinski definition) is 1. The molecule has 0 saturated heterocycles. The lowest BCUT2D eigenvalue weighted by Gasteiger charge is -2.16. The average Bonchev–Trinajstić information content (AvgIpc) is 3.30. The first-order valence-electron chi connectivity index (χ1n) is 7.53. The van der Waals surface area contributed by atoms with E-state index in [0.29, 0.717) is 5.69 Å². The zero-order chi connectivity index (χ0) is 17.4. The fourth-order valence-corrected chi connectivity index (χ4v) is 2.64. The minimum Gasteiger partial charge on any atom is -0.406 e. The van der Waals surface area contributed by atoms with Gasteiger partial charge in [-0.15, -0.1) is 13.2 Å². The SMILES string of the molecule is Cc1ccc(C2(C(=O)Nc3ccc(OC(F)(F)F)cc3)CC2)cc1. The van der Waals surface area contributed by atoms with Crippen LogP contribution in [-0.2, 0) is 10.2 Å². The maximum absolute atomic E-state index is 12.6. The van der Waals surface area contributed by atoms with Crippen LogP contribution in [0.15, 0.2) is 48.5 Å². The molecular formula is C18H16F3NO2. The van der Waals surface area contributed by atoms with Crippen molar-refractivity contribution in [2.45, 2.75) is 31.5 Å². The molecule has 2 aromatic carbocycles. The predicted molar refractivity (Wildman–Crippen MR) is 83.8 cm³/mol. The molecule has 1 amide bonds. The number of halogens is 3. The molecule has 1 aliphatic carbocycles. The summed E-state index contributed by atoms with van der Waals surface area (Å²) in [5.74, 6) is -0.462. The van der Waals surface area contributed by atoms with Crippen molar-refractivity contribution in [1.82, 2.24) is 0 Å². The van der Waals surface area contributed by atoms with Gasteiger partial charge in [-0.3, -0.25) is 4.79 Å². The summed E-state index contributed by atoms with van der Waals surface area (Å²) < 4.78 is 40.2. The van der Waals surface area contributed by atoms with Gasteiger partial charge in [-0.05, 0) is 49.6 Å². The van der Waals surface area contributed by atoms with Crippen LogP contribution in [0.25, 0.3) is 0 Å². The van der Waals surface area contributed by atoms with Crippen molar-refractivity contribution in [3.63, 3.8) is 0 Å². The predicted octanol–water partition coefficient (Wildman–Crippen LogP) is 4.56. The molecule has 0 spiro atoms. The van der Waals surface area contributed by atoms with Crippen molar-refractivity contribution in [3.05, 3.63) is 59.7 Å². The first-order chi connectivity index (χ1) is 11.3. The molecule has 0 bridgehead atoms. The number of nitrogens with one attached hydrogen (secondary N) is 1. The third kappa shape index (κ3) is 3.53. The lowest BCUT2D eigenvalue weighted by molar-refractivity contribution is -0.274. The highest BCUT2D eigenvalue weighted by Crippen LogP contribution is 2.49. The Kier molecular flexibility index (Phi) is 3.99. The molecule has 0 unspecified atom stereocenters. The second-order valence-corrected chi connectivity index (χ2v) is 5.97.